The molecule has 0 atom stereocenters. The predicted molar refractivity (Wildman–Crippen MR) is 113 cm³/mol. The maximum atomic E-state index is 12.3. The summed E-state index contributed by atoms with van der Waals surface area (Å²) in [7, 11) is -3.86. The van der Waals surface area contributed by atoms with Crippen LogP contribution in [0.3, 0.4) is 0 Å². The first-order valence-corrected chi connectivity index (χ1v) is 11.1. The average molecular weight is 470 g/mol. The van der Waals surface area contributed by atoms with Gasteiger partial charge in [-0.05, 0) is 36.4 Å². The molecule has 150 valence electrons. The molecule has 7 nitrogen and oxygen atoms in total. The standard InChI is InChI=1S/C18H13Cl2N3O4S2/c1-2-7-23-14-5-4-12(29(21,25)26)9-16(14)28-18(23)22-17(24)10-27-15-6-3-11(19)8-13(15)20/h1,3-6,8-9H,7,10H2,(H2,21,25,26). The van der Waals surface area contributed by atoms with Crippen LogP contribution in [0.4, 0.5) is 0 Å². The van der Waals surface area contributed by atoms with E-state index < -0.39 is 15.9 Å². The zero-order valence-electron chi connectivity index (χ0n) is 14.6. The number of hydrogen-bond donors (Lipinski definition) is 1. The van der Waals surface area contributed by atoms with Gasteiger partial charge in [0.15, 0.2) is 11.4 Å². The third-order valence-electron chi connectivity index (χ3n) is 3.70. The van der Waals surface area contributed by atoms with Crippen molar-refractivity contribution >= 4 is 60.7 Å². The van der Waals surface area contributed by atoms with Gasteiger partial charge in [-0.2, -0.15) is 4.99 Å². The van der Waals surface area contributed by atoms with E-state index in [2.05, 4.69) is 10.9 Å². The maximum absolute atomic E-state index is 12.3. The van der Waals surface area contributed by atoms with Gasteiger partial charge in [0.25, 0.3) is 5.91 Å². The highest BCUT2D eigenvalue weighted by molar-refractivity contribution is 7.89. The van der Waals surface area contributed by atoms with Gasteiger partial charge in [-0.3, -0.25) is 4.79 Å². The van der Waals surface area contributed by atoms with Crippen molar-refractivity contribution < 1.29 is 17.9 Å². The SMILES string of the molecule is C#CCn1c(=NC(=O)COc2ccc(Cl)cc2Cl)sc2cc(S(N)(=O)=O)ccc21. The molecule has 2 N–H and O–H groups in total. The lowest BCUT2D eigenvalue weighted by atomic mass is 10.3. The van der Waals surface area contributed by atoms with Gasteiger partial charge in [-0.1, -0.05) is 40.5 Å². The first kappa shape index (κ1) is 21.4. The summed E-state index contributed by atoms with van der Waals surface area (Å²) in [5.41, 5.74) is 0.633. The number of halogens is 2. The molecule has 0 aliphatic rings. The van der Waals surface area contributed by atoms with Crippen LogP contribution >= 0.6 is 34.5 Å². The Kier molecular flexibility index (Phi) is 6.31. The van der Waals surface area contributed by atoms with Gasteiger partial charge in [0.1, 0.15) is 5.75 Å². The first-order valence-electron chi connectivity index (χ1n) is 7.94. The highest BCUT2D eigenvalue weighted by Crippen LogP contribution is 2.27. The monoisotopic (exact) mass is 469 g/mol. The zero-order chi connectivity index (χ0) is 21.2. The summed E-state index contributed by atoms with van der Waals surface area (Å²) < 4.78 is 30.7. The summed E-state index contributed by atoms with van der Waals surface area (Å²) in [5.74, 6) is 2.21. The first-order chi connectivity index (χ1) is 13.7. The number of thiazole rings is 1. The molecular formula is C18H13Cl2N3O4S2. The molecule has 0 aliphatic heterocycles. The van der Waals surface area contributed by atoms with Crippen molar-refractivity contribution in [2.24, 2.45) is 10.1 Å². The Hall–Kier alpha value is -2.35. The lowest BCUT2D eigenvalue weighted by Gasteiger charge is -2.05. The molecule has 0 fully saturated rings. The van der Waals surface area contributed by atoms with Gasteiger partial charge >= 0.3 is 0 Å². The molecule has 3 aromatic rings. The molecular weight excluding hydrogens is 457 g/mol. The third kappa shape index (κ3) is 4.98. The van der Waals surface area contributed by atoms with Crippen molar-refractivity contribution in [3.8, 4) is 18.1 Å². The summed E-state index contributed by atoms with van der Waals surface area (Å²) in [6.07, 6.45) is 5.41. The highest BCUT2D eigenvalue weighted by atomic mass is 35.5. The van der Waals surface area contributed by atoms with E-state index in [0.29, 0.717) is 25.8 Å². The number of nitrogens with two attached hydrogens (primary N) is 1. The number of benzene rings is 2. The Labute approximate surface area is 180 Å². The molecule has 1 heterocycles. The molecule has 3 rings (SSSR count). The number of primary sulfonamides is 1. The van der Waals surface area contributed by atoms with Crippen molar-refractivity contribution in [3.05, 3.63) is 51.2 Å². The molecule has 1 aromatic heterocycles. The molecule has 0 spiro atoms. The van der Waals surface area contributed by atoms with E-state index in [1.54, 1.807) is 22.8 Å². The second kappa shape index (κ2) is 8.57. The molecule has 0 saturated carbocycles. The number of carbonyl (C=O) groups is 1. The minimum atomic E-state index is -3.86. The Morgan fingerprint density at radius 2 is 2.03 bits per heavy atom. The second-order valence-corrected chi connectivity index (χ2v) is 9.13. The van der Waals surface area contributed by atoms with Crippen LogP contribution in [0, 0.1) is 12.3 Å². The topological polar surface area (TPSA) is 104 Å². The van der Waals surface area contributed by atoms with Crippen LogP contribution in [-0.2, 0) is 21.4 Å². The fourth-order valence-corrected chi connectivity index (χ4v) is 4.59. The second-order valence-electron chi connectivity index (χ2n) is 5.72. The Balaban J connectivity index is 1.94. The number of nitrogens with zero attached hydrogens (tertiary/aromatic N) is 2. The van der Waals surface area contributed by atoms with Gasteiger partial charge < -0.3 is 9.30 Å². The average Bonchev–Trinajstić information content (AvgIpc) is 2.97. The molecule has 0 aliphatic carbocycles. The molecule has 0 saturated heterocycles. The number of hydrogen-bond acceptors (Lipinski definition) is 5. The third-order valence-corrected chi connectivity index (χ3v) is 6.18. The largest absolute Gasteiger partial charge is 0.482 e. The summed E-state index contributed by atoms with van der Waals surface area (Å²) in [5, 5.41) is 5.88. The quantitative estimate of drug-likeness (QED) is 0.579. The predicted octanol–water partition coefficient (Wildman–Crippen LogP) is 2.80. The fourth-order valence-electron chi connectivity index (χ4n) is 2.43. The van der Waals surface area contributed by atoms with E-state index in [-0.39, 0.29) is 23.1 Å². The summed E-state index contributed by atoms with van der Waals surface area (Å²) in [4.78, 5) is 16.6. The van der Waals surface area contributed by atoms with E-state index in [1.807, 2.05) is 0 Å². The van der Waals surface area contributed by atoms with E-state index in [1.165, 1.54) is 18.2 Å². The highest BCUT2D eigenvalue weighted by Gasteiger charge is 2.13. The minimum Gasteiger partial charge on any atom is -0.482 e. The van der Waals surface area contributed by atoms with Crippen LogP contribution < -0.4 is 14.7 Å². The minimum absolute atomic E-state index is 0.0438. The molecule has 1 amide bonds. The molecule has 0 radical (unpaired) electrons. The molecule has 29 heavy (non-hydrogen) atoms. The molecule has 11 heteroatoms. The van der Waals surface area contributed by atoms with Crippen LogP contribution in [0.15, 0.2) is 46.3 Å². The van der Waals surface area contributed by atoms with Crippen molar-refractivity contribution in [3.63, 3.8) is 0 Å². The molecule has 0 bridgehead atoms. The van der Waals surface area contributed by atoms with Crippen molar-refractivity contribution in [1.82, 2.24) is 4.57 Å². The van der Waals surface area contributed by atoms with Gasteiger partial charge in [0.05, 0.1) is 26.7 Å². The molecule has 0 unspecified atom stereocenters. The number of terminal acetylenes is 1. The van der Waals surface area contributed by atoms with Crippen molar-refractivity contribution in [1.29, 1.82) is 0 Å². The maximum Gasteiger partial charge on any atom is 0.286 e. The fraction of sp³-hybridized carbons (Fsp3) is 0.111. The number of rotatable bonds is 5. The smallest absolute Gasteiger partial charge is 0.286 e. The van der Waals surface area contributed by atoms with Crippen LogP contribution in [0.5, 0.6) is 5.75 Å². The lowest BCUT2D eigenvalue weighted by molar-refractivity contribution is -0.120. The van der Waals surface area contributed by atoms with Crippen LogP contribution in [0.1, 0.15) is 0 Å². The summed E-state index contributed by atoms with van der Waals surface area (Å²) in [6, 6.07) is 8.97. The Morgan fingerprint density at radius 1 is 1.28 bits per heavy atom. The summed E-state index contributed by atoms with van der Waals surface area (Å²) in [6.45, 7) is -0.210. The number of carbonyl (C=O) groups excluding carboxylic acids is 1. The van der Waals surface area contributed by atoms with Gasteiger partial charge in [-0.15, -0.1) is 6.42 Å². The van der Waals surface area contributed by atoms with E-state index >= 15 is 0 Å². The van der Waals surface area contributed by atoms with Crippen molar-refractivity contribution in [2.75, 3.05) is 6.61 Å². The lowest BCUT2D eigenvalue weighted by Crippen LogP contribution is -2.19. The van der Waals surface area contributed by atoms with E-state index in [9.17, 15) is 13.2 Å². The van der Waals surface area contributed by atoms with Crippen LogP contribution in [-0.4, -0.2) is 25.5 Å². The van der Waals surface area contributed by atoms with Gasteiger partial charge in [-0.25, -0.2) is 13.6 Å². The van der Waals surface area contributed by atoms with E-state index in [0.717, 1.165) is 11.3 Å². The Bertz CT molecular complexity index is 1320. The Morgan fingerprint density at radius 3 is 2.69 bits per heavy atom. The van der Waals surface area contributed by atoms with Crippen LogP contribution in [0.2, 0.25) is 10.0 Å². The number of fused-ring (bicyclic) bond motifs is 1. The van der Waals surface area contributed by atoms with E-state index in [4.69, 9.17) is 39.5 Å². The van der Waals surface area contributed by atoms with Crippen LogP contribution in [0.25, 0.3) is 10.2 Å². The number of ether oxygens (including phenoxy) is 1. The normalized spacial score (nSPS) is 12.1. The number of amides is 1. The summed E-state index contributed by atoms with van der Waals surface area (Å²) >= 11 is 12.9. The van der Waals surface area contributed by atoms with Gasteiger partial charge in [0, 0.05) is 5.02 Å². The number of sulfonamides is 1. The number of aromatic nitrogens is 1. The van der Waals surface area contributed by atoms with Crippen molar-refractivity contribution in [2.45, 2.75) is 11.4 Å². The zero-order valence-corrected chi connectivity index (χ0v) is 17.8. The molecule has 2 aromatic carbocycles. The van der Waals surface area contributed by atoms with Gasteiger partial charge in [0.2, 0.25) is 10.0 Å².